The van der Waals surface area contributed by atoms with Gasteiger partial charge in [-0.1, -0.05) is 231 Å². The average molecular weight is 831 g/mol. The van der Waals surface area contributed by atoms with Crippen molar-refractivity contribution in [2.45, 2.75) is 263 Å². The number of aliphatic hydroxyl groups is 2. The number of amides is 1. The van der Waals surface area contributed by atoms with Crippen LogP contribution in [0.1, 0.15) is 245 Å². The van der Waals surface area contributed by atoms with Crippen LogP contribution in [-0.2, 0) is 18.4 Å². The van der Waals surface area contributed by atoms with Gasteiger partial charge in [0.2, 0.25) is 5.91 Å². The third kappa shape index (κ3) is 41.7. The largest absolute Gasteiger partial charge is 0.472 e. The number of phosphoric ester groups is 1. The van der Waals surface area contributed by atoms with Crippen LogP contribution in [-0.4, -0.2) is 59.0 Å². The second kappa shape index (κ2) is 43.3. The molecule has 0 aliphatic heterocycles. The Morgan fingerprint density at radius 3 is 1.35 bits per heavy atom. The van der Waals surface area contributed by atoms with E-state index in [9.17, 15) is 24.5 Å². The average Bonchev–Trinajstić information content (AvgIpc) is 3.19. The lowest BCUT2D eigenvalue weighted by Crippen LogP contribution is -2.46. The SMILES string of the molecule is CCCCCCCCCCCCCCCCCCC/C=C/C(O)C(COP(=O)(O)OCCN)NC(=O)CC(O)CCCCCCCCCCCCCCCCCC. The van der Waals surface area contributed by atoms with Gasteiger partial charge in [0.05, 0.1) is 37.9 Å². The number of unbranched alkanes of at least 4 members (excludes halogenated alkanes) is 32. The Hall–Kier alpha value is -0.800. The van der Waals surface area contributed by atoms with E-state index in [1.54, 1.807) is 6.08 Å². The molecule has 0 fully saturated rings. The zero-order valence-electron chi connectivity index (χ0n) is 37.5. The van der Waals surface area contributed by atoms with Gasteiger partial charge in [-0.15, -0.1) is 0 Å². The molecule has 4 unspecified atom stereocenters. The molecule has 0 heterocycles. The van der Waals surface area contributed by atoms with Gasteiger partial charge in [-0.25, -0.2) is 4.57 Å². The molecule has 0 spiro atoms. The molecular formula is C47H95N2O7P. The Morgan fingerprint density at radius 2 is 0.965 bits per heavy atom. The number of hydrogen-bond acceptors (Lipinski definition) is 7. The Morgan fingerprint density at radius 1 is 0.596 bits per heavy atom. The first-order chi connectivity index (χ1) is 27.8. The maximum atomic E-state index is 12.8. The van der Waals surface area contributed by atoms with Gasteiger partial charge in [0.1, 0.15) is 0 Å². The molecule has 340 valence electrons. The van der Waals surface area contributed by atoms with E-state index in [1.165, 1.54) is 180 Å². The van der Waals surface area contributed by atoms with Gasteiger partial charge in [0.15, 0.2) is 0 Å². The van der Waals surface area contributed by atoms with Gasteiger partial charge in [0, 0.05) is 6.54 Å². The van der Waals surface area contributed by atoms with Crippen LogP contribution in [0.4, 0.5) is 0 Å². The minimum Gasteiger partial charge on any atom is -0.393 e. The molecule has 0 aromatic carbocycles. The van der Waals surface area contributed by atoms with Crippen LogP contribution in [0.5, 0.6) is 0 Å². The maximum absolute atomic E-state index is 12.8. The van der Waals surface area contributed by atoms with Crippen molar-refractivity contribution in [3.8, 4) is 0 Å². The number of nitrogens with one attached hydrogen (secondary N) is 1. The van der Waals surface area contributed by atoms with Crippen molar-refractivity contribution in [3.63, 3.8) is 0 Å². The Labute approximate surface area is 352 Å². The monoisotopic (exact) mass is 831 g/mol. The topological polar surface area (TPSA) is 151 Å². The number of rotatable bonds is 46. The lowest BCUT2D eigenvalue weighted by atomic mass is 10.0. The van der Waals surface area contributed by atoms with Crippen molar-refractivity contribution >= 4 is 13.7 Å². The minimum atomic E-state index is -4.40. The van der Waals surface area contributed by atoms with Crippen molar-refractivity contribution in [2.24, 2.45) is 5.73 Å². The zero-order chi connectivity index (χ0) is 41.9. The van der Waals surface area contributed by atoms with Crippen LogP contribution >= 0.6 is 7.82 Å². The Balaban J connectivity index is 4.22. The van der Waals surface area contributed by atoms with E-state index in [0.717, 1.165) is 38.5 Å². The van der Waals surface area contributed by atoms with Gasteiger partial charge in [-0.2, -0.15) is 0 Å². The standard InChI is InChI=1S/C47H95N2O7P/c1-3-5-7-9-11-13-15-17-19-21-22-23-25-27-29-31-33-35-37-39-46(51)45(43-56-57(53,54)55-41-40-48)49-47(52)42-44(50)38-36-34-32-30-28-26-24-20-18-16-14-12-10-8-6-4-2/h37,39,44-46,50-51H,3-36,38,40-43,48H2,1-2H3,(H,49,52)(H,53,54)/b39-37+. The number of hydrogen-bond donors (Lipinski definition) is 5. The van der Waals surface area contributed by atoms with Gasteiger partial charge in [-0.05, 0) is 19.3 Å². The van der Waals surface area contributed by atoms with E-state index in [-0.39, 0.29) is 19.6 Å². The summed E-state index contributed by atoms with van der Waals surface area (Å²) in [6.45, 7) is 4.01. The fourth-order valence-corrected chi connectivity index (χ4v) is 8.23. The van der Waals surface area contributed by atoms with Crippen molar-refractivity contribution in [2.75, 3.05) is 19.8 Å². The van der Waals surface area contributed by atoms with Gasteiger partial charge < -0.3 is 26.2 Å². The summed E-state index contributed by atoms with van der Waals surface area (Å²) in [5.41, 5.74) is 5.38. The summed E-state index contributed by atoms with van der Waals surface area (Å²) in [7, 11) is -4.40. The molecule has 57 heavy (non-hydrogen) atoms. The normalized spacial score (nSPS) is 14.6. The van der Waals surface area contributed by atoms with Crippen LogP contribution in [0.15, 0.2) is 12.2 Å². The zero-order valence-corrected chi connectivity index (χ0v) is 38.4. The molecule has 1 amide bonds. The van der Waals surface area contributed by atoms with Gasteiger partial charge >= 0.3 is 7.82 Å². The molecule has 0 aliphatic rings. The number of aliphatic hydroxyl groups excluding tert-OH is 2. The molecule has 0 radical (unpaired) electrons. The van der Waals surface area contributed by atoms with Crippen LogP contribution in [0, 0.1) is 0 Å². The highest BCUT2D eigenvalue weighted by atomic mass is 31.2. The molecule has 0 saturated carbocycles. The van der Waals surface area contributed by atoms with E-state index in [0.29, 0.717) is 6.42 Å². The highest BCUT2D eigenvalue weighted by Gasteiger charge is 2.27. The summed E-state index contributed by atoms with van der Waals surface area (Å²) in [5.74, 6) is -0.441. The first kappa shape index (κ1) is 56.2. The first-order valence-electron chi connectivity index (χ1n) is 24.4. The number of allylic oxidation sites excluding steroid dienone is 1. The second-order valence-electron chi connectivity index (χ2n) is 16.9. The summed E-state index contributed by atoms with van der Waals surface area (Å²) in [5, 5.41) is 24.1. The molecule has 0 aromatic rings. The molecule has 6 N–H and O–H groups in total. The smallest absolute Gasteiger partial charge is 0.393 e. The van der Waals surface area contributed by atoms with E-state index < -0.39 is 38.6 Å². The molecule has 0 bridgehead atoms. The van der Waals surface area contributed by atoms with Gasteiger partial charge in [-0.3, -0.25) is 13.8 Å². The minimum absolute atomic E-state index is 0.0517. The third-order valence-electron chi connectivity index (χ3n) is 11.2. The maximum Gasteiger partial charge on any atom is 0.472 e. The van der Waals surface area contributed by atoms with Crippen molar-refractivity contribution in [1.29, 1.82) is 0 Å². The van der Waals surface area contributed by atoms with Crippen molar-refractivity contribution in [1.82, 2.24) is 5.32 Å². The predicted molar refractivity (Wildman–Crippen MR) is 241 cm³/mol. The van der Waals surface area contributed by atoms with E-state index in [4.69, 9.17) is 14.8 Å². The summed E-state index contributed by atoms with van der Waals surface area (Å²) < 4.78 is 22.1. The van der Waals surface area contributed by atoms with Crippen molar-refractivity contribution < 1.29 is 33.5 Å². The predicted octanol–water partition coefficient (Wildman–Crippen LogP) is 12.9. The fraction of sp³-hybridized carbons (Fsp3) is 0.936. The fourth-order valence-electron chi connectivity index (χ4n) is 7.47. The summed E-state index contributed by atoms with van der Waals surface area (Å²) >= 11 is 0. The highest BCUT2D eigenvalue weighted by molar-refractivity contribution is 7.47. The third-order valence-corrected chi connectivity index (χ3v) is 12.2. The van der Waals surface area contributed by atoms with Crippen LogP contribution in [0.3, 0.4) is 0 Å². The Kier molecular flexibility index (Phi) is 42.7. The van der Waals surface area contributed by atoms with Crippen LogP contribution in [0.25, 0.3) is 0 Å². The van der Waals surface area contributed by atoms with E-state index >= 15 is 0 Å². The molecule has 4 atom stereocenters. The molecule has 10 heteroatoms. The number of phosphoric acid groups is 1. The van der Waals surface area contributed by atoms with Crippen molar-refractivity contribution in [3.05, 3.63) is 12.2 Å². The number of nitrogens with two attached hydrogens (primary N) is 1. The summed E-state index contributed by atoms with van der Waals surface area (Å²) in [6.07, 6.45) is 45.8. The Bertz CT molecular complexity index is 924. The molecule has 9 nitrogen and oxygen atoms in total. The molecule has 0 rings (SSSR count). The molecule has 0 aromatic heterocycles. The summed E-state index contributed by atoms with van der Waals surface area (Å²) in [6, 6.07) is -0.978. The molecule has 0 saturated heterocycles. The lowest BCUT2D eigenvalue weighted by Gasteiger charge is -2.24. The quantitative estimate of drug-likeness (QED) is 0.0231. The number of carbonyl (C=O) groups excluding carboxylic acids is 1. The molecule has 0 aliphatic carbocycles. The first-order valence-corrected chi connectivity index (χ1v) is 25.9. The van der Waals surface area contributed by atoms with Gasteiger partial charge in [0.25, 0.3) is 0 Å². The molecular weight excluding hydrogens is 735 g/mol. The highest BCUT2D eigenvalue weighted by Crippen LogP contribution is 2.43. The van der Waals surface area contributed by atoms with Crippen LogP contribution in [0.2, 0.25) is 0 Å². The lowest BCUT2D eigenvalue weighted by molar-refractivity contribution is -0.124. The van der Waals surface area contributed by atoms with Crippen LogP contribution < -0.4 is 11.1 Å². The van der Waals surface area contributed by atoms with E-state index in [2.05, 4.69) is 19.2 Å². The van der Waals surface area contributed by atoms with E-state index in [1.807, 2.05) is 6.08 Å². The second-order valence-corrected chi connectivity index (χ2v) is 18.3. The number of carbonyl (C=O) groups is 1. The summed E-state index contributed by atoms with van der Waals surface area (Å²) in [4.78, 5) is 22.8.